The SMILES string of the molecule is NC(=O)Nc1ccc(C(=O)NC2CCCCC2)cc1. The largest absolute Gasteiger partial charge is 0.351 e. The number of rotatable bonds is 3. The van der Waals surface area contributed by atoms with Crippen LogP contribution in [0.1, 0.15) is 42.5 Å². The average molecular weight is 261 g/mol. The molecule has 0 spiro atoms. The molecule has 0 aromatic heterocycles. The fraction of sp³-hybridized carbons (Fsp3) is 0.429. The van der Waals surface area contributed by atoms with E-state index in [0.29, 0.717) is 17.3 Å². The quantitative estimate of drug-likeness (QED) is 0.779. The second-order valence-electron chi connectivity index (χ2n) is 4.87. The summed E-state index contributed by atoms with van der Waals surface area (Å²) in [5, 5.41) is 5.50. The van der Waals surface area contributed by atoms with Crippen LogP contribution in [0.15, 0.2) is 24.3 Å². The van der Waals surface area contributed by atoms with Gasteiger partial charge < -0.3 is 16.4 Å². The number of carbonyl (C=O) groups is 2. The van der Waals surface area contributed by atoms with Crippen LogP contribution >= 0.6 is 0 Å². The normalized spacial score (nSPS) is 15.8. The Kier molecular flexibility index (Phi) is 4.39. The van der Waals surface area contributed by atoms with Crippen molar-refractivity contribution in [2.45, 2.75) is 38.1 Å². The van der Waals surface area contributed by atoms with Gasteiger partial charge in [0.1, 0.15) is 0 Å². The van der Waals surface area contributed by atoms with Gasteiger partial charge in [-0.25, -0.2) is 4.79 Å². The molecule has 5 heteroatoms. The Bertz CT molecular complexity index is 450. The number of urea groups is 1. The molecular weight excluding hydrogens is 242 g/mol. The van der Waals surface area contributed by atoms with Crippen molar-refractivity contribution in [1.29, 1.82) is 0 Å². The summed E-state index contributed by atoms with van der Waals surface area (Å²) < 4.78 is 0. The van der Waals surface area contributed by atoms with E-state index in [9.17, 15) is 9.59 Å². The highest BCUT2D eigenvalue weighted by Gasteiger charge is 2.16. The molecular formula is C14H19N3O2. The Balaban J connectivity index is 1.93. The average Bonchev–Trinajstić information content (AvgIpc) is 2.40. The van der Waals surface area contributed by atoms with E-state index < -0.39 is 6.03 Å². The first-order valence-electron chi connectivity index (χ1n) is 6.62. The van der Waals surface area contributed by atoms with Crippen LogP contribution in [-0.4, -0.2) is 18.0 Å². The first-order valence-corrected chi connectivity index (χ1v) is 6.62. The first kappa shape index (κ1) is 13.4. The van der Waals surface area contributed by atoms with Gasteiger partial charge in [-0.3, -0.25) is 4.79 Å². The highest BCUT2D eigenvalue weighted by Crippen LogP contribution is 2.18. The fourth-order valence-electron chi connectivity index (χ4n) is 2.36. The van der Waals surface area contributed by atoms with Crippen LogP contribution in [0, 0.1) is 0 Å². The number of benzene rings is 1. The van der Waals surface area contributed by atoms with E-state index >= 15 is 0 Å². The van der Waals surface area contributed by atoms with Crippen LogP contribution in [0.3, 0.4) is 0 Å². The molecule has 0 bridgehead atoms. The lowest BCUT2D eigenvalue weighted by atomic mass is 9.95. The van der Waals surface area contributed by atoms with Crippen LogP contribution in [0.5, 0.6) is 0 Å². The van der Waals surface area contributed by atoms with Gasteiger partial charge in [0.2, 0.25) is 0 Å². The third kappa shape index (κ3) is 3.98. The molecule has 5 nitrogen and oxygen atoms in total. The summed E-state index contributed by atoms with van der Waals surface area (Å²) in [5.41, 5.74) is 6.20. The lowest BCUT2D eigenvalue weighted by Gasteiger charge is -2.22. The second kappa shape index (κ2) is 6.22. The molecule has 2 rings (SSSR count). The molecule has 19 heavy (non-hydrogen) atoms. The fourth-order valence-corrected chi connectivity index (χ4v) is 2.36. The molecule has 1 aromatic rings. The summed E-state index contributed by atoms with van der Waals surface area (Å²) in [6, 6.07) is 6.39. The van der Waals surface area contributed by atoms with Gasteiger partial charge in [0, 0.05) is 17.3 Å². The number of nitrogens with one attached hydrogen (secondary N) is 2. The predicted octanol–water partition coefficient (Wildman–Crippen LogP) is 2.24. The number of hydrogen-bond acceptors (Lipinski definition) is 2. The van der Waals surface area contributed by atoms with Gasteiger partial charge in [0.25, 0.3) is 5.91 Å². The summed E-state index contributed by atoms with van der Waals surface area (Å²) in [7, 11) is 0. The van der Waals surface area contributed by atoms with Gasteiger partial charge in [-0.1, -0.05) is 19.3 Å². The van der Waals surface area contributed by atoms with Crippen molar-refractivity contribution in [1.82, 2.24) is 5.32 Å². The minimum absolute atomic E-state index is 0.0578. The molecule has 3 amide bonds. The van der Waals surface area contributed by atoms with Crippen LogP contribution < -0.4 is 16.4 Å². The first-order chi connectivity index (χ1) is 9.15. The summed E-state index contributed by atoms with van der Waals surface area (Å²) in [5.74, 6) is -0.0578. The lowest BCUT2D eigenvalue weighted by Crippen LogP contribution is -2.36. The highest BCUT2D eigenvalue weighted by molar-refractivity contribution is 5.95. The Hall–Kier alpha value is -2.04. The summed E-state index contributed by atoms with van der Waals surface area (Å²) >= 11 is 0. The van der Waals surface area contributed by atoms with Gasteiger partial charge in [-0.2, -0.15) is 0 Å². The van der Waals surface area contributed by atoms with Crippen molar-refractivity contribution in [3.8, 4) is 0 Å². The van der Waals surface area contributed by atoms with Gasteiger partial charge in [0.05, 0.1) is 0 Å². The smallest absolute Gasteiger partial charge is 0.316 e. The standard InChI is InChI=1S/C14H19N3O2/c15-14(19)17-12-8-6-10(7-9-12)13(18)16-11-4-2-1-3-5-11/h6-9,11H,1-5H2,(H,16,18)(H3,15,17,19). The monoisotopic (exact) mass is 261 g/mol. The minimum Gasteiger partial charge on any atom is -0.351 e. The molecule has 0 aliphatic heterocycles. The molecule has 1 fully saturated rings. The molecule has 1 aliphatic carbocycles. The van der Waals surface area contributed by atoms with Crippen LogP contribution in [0.2, 0.25) is 0 Å². The van der Waals surface area contributed by atoms with Gasteiger partial charge in [0.15, 0.2) is 0 Å². The lowest BCUT2D eigenvalue weighted by molar-refractivity contribution is 0.0927. The van der Waals surface area contributed by atoms with Crippen molar-refractivity contribution >= 4 is 17.6 Å². The summed E-state index contributed by atoms with van der Waals surface area (Å²) in [4.78, 5) is 22.7. The van der Waals surface area contributed by atoms with Crippen LogP contribution in [0.25, 0.3) is 0 Å². The number of hydrogen-bond donors (Lipinski definition) is 3. The predicted molar refractivity (Wildman–Crippen MR) is 74.0 cm³/mol. The number of carbonyl (C=O) groups excluding carboxylic acids is 2. The molecule has 0 saturated heterocycles. The maximum atomic E-state index is 12.0. The van der Waals surface area contributed by atoms with Crippen molar-refractivity contribution in [3.63, 3.8) is 0 Å². The van der Waals surface area contributed by atoms with Crippen LogP contribution in [0.4, 0.5) is 10.5 Å². The third-order valence-electron chi connectivity index (χ3n) is 3.36. The molecule has 0 radical (unpaired) electrons. The van der Waals surface area contributed by atoms with E-state index in [-0.39, 0.29) is 5.91 Å². The van der Waals surface area contributed by atoms with Crippen LogP contribution in [-0.2, 0) is 0 Å². The van der Waals surface area contributed by atoms with Gasteiger partial charge in [-0.15, -0.1) is 0 Å². The third-order valence-corrected chi connectivity index (χ3v) is 3.36. The molecule has 0 heterocycles. The topological polar surface area (TPSA) is 84.2 Å². The zero-order chi connectivity index (χ0) is 13.7. The van der Waals surface area contributed by atoms with Gasteiger partial charge in [-0.05, 0) is 37.1 Å². The Morgan fingerprint density at radius 3 is 2.26 bits per heavy atom. The van der Waals surface area contributed by atoms with Crippen molar-refractivity contribution in [2.75, 3.05) is 5.32 Å². The van der Waals surface area contributed by atoms with Crippen molar-refractivity contribution < 1.29 is 9.59 Å². The zero-order valence-corrected chi connectivity index (χ0v) is 10.8. The number of primary amides is 1. The number of amides is 3. The maximum Gasteiger partial charge on any atom is 0.316 e. The Morgan fingerprint density at radius 1 is 1.05 bits per heavy atom. The van der Waals surface area contributed by atoms with E-state index in [0.717, 1.165) is 12.8 Å². The van der Waals surface area contributed by atoms with E-state index in [4.69, 9.17) is 5.73 Å². The molecule has 1 aliphatic rings. The zero-order valence-electron chi connectivity index (χ0n) is 10.8. The molecule has 4 N–H and O–H groups in total. The summed E-state index contributed by atoms with van der Waals surface area (Å²) in [6.45, 7) is 0. The molecule has 1 aromatic carbocycles. The van der Waals surface area contributed by atoms with E-state index in [1.807, 2.05) is 0 Å². The highest BCUT2D eigenvalue weighted by atomic mass is 16.2. The van der Waals surface area contributed by atoms with Crippen molar-refractivity contribution in [2.24, 2.45) is 5.73 Å². The van der Waals surface area contributed by atoms with E-state index in [1.54, 1.807) is 24.3 Å². The number of nitrogens with two attached hydrogens (primary N) is 1. The molecule has 102 valence electrons. The summed E-state index contributed by atoms with van der Waals surface area (Å²) in [6.07, 6.45) is 5.76. The second-order valence-corrected chi connectivity index (χ2v) is 4.87. The Labute approximate surface area is 112 Å². The van der Waals surface area contributed by atoms with Gasteiger partial charge >= 0.3 is 6.03 Å². The molecule has 1 saturated carbocycles. The molecule has 0 unspecified atom stereocenters. The minimum atomic E-state index is -0.612. The van der Waals surface area contributed by atoms with E-state index in [1.165, 1.54) is 19.3 Å². The number of anilines is 1. The maximum absolute atomic E-state index is 12.0. The molecule has 0 atom stereocenters. The Morgan fingerprint density at radius 2 is 1.68 bits per heavy atom. The van der Waals surface area contributed by atoms with E-state index in [2.05, 4.69) is 10.6 Å². The van der Waals surface area contributed by atoms with Crippen molar-refractivity contribution in [3.05, 3.63) is 29.8 Å².